The Balaban J connectivity index is 1.88. The van der Waals surface area contributed by atoms with Gasteiger partial charge in [-0.05, 0) is 42.1 Å². The van der Waals surface area contributed by atoms with Gasteiger partial charge < -0.3 is 14.4 Å². The van der Waals surface area contributed by atoms with E-state index in [1.165, 1.54) is 11.3 Å². The van der Waals surface area contributed by atoms with Gasteiger partial charge in [0.25, 0.3) is 5.91 Å². The van der Waals surface area contributed by atoms with Crippen molar-refractivity contribution in [2.75, 3.05) is 20.8 Å². The van der Waals surface area contributed by atoms with Gasteiger partial charge in [-0.1, -0.05) is 30.3 Å². The van der Waals surface area contributed by atoms with Crippen LogP contribution >= 0.6 is 11.3 Å². The smallest absolute Gasteiger partial charge is 0.254 e. The summed E-state index contributed by atoms with van der Waals surface area (Å²) in [5, 5.41) is 1.85. The standard InChI is InChI=1S/C23H23NO4S/c1-4-24(15-16-11-12-19(27-2)20(14-16)28-3)23(26)18-9-6-5-8-17(18)22(25)21-10-7-13-29-21/h5-14H,4,15H2,1-3H3. The van der Waals surface area contributed by atoms with Gasteiger partial charge in [-0.3, -0.25) is 9.59 Å². The van der Waals surface area contributed by atoms with E-state index in [1.807, 2.05) is 36.6 Å². The van der Waals surface area contributed by atoms with Gasteiger partial charge in [-0.15, -0.1) is 11.3 Å². The summed E-state index contributed by atoms with van der Waals surface area (Å²) >= 11 is 1.37. The zero-order valence-electron chi connectivity index (χ0n) is 16.7. The first-order chi connectivity index (χ1) is 14.1. The van der Waals surface area contributed by atoms with Crippen molar-refractivity contribution in [2.45, 2.75) is 13.5 Å². The molecule has 0 aliphatic rings. The van der Waals surface area contributed by atoms with Crippen LogP contribution in [0.1, 0.15) is 38.1 Å². The predicted molar refractivity (Wildman–Crippen MR) is 114 cm³/mol. The Labute approximate surface area is 174 Å². The monoisotopic (exact) mass is 409 g/mol. The summed E-state index contributed by atoms with van der Waals surface area (Å²) in [5.74, 6) is 0.938. The van der Waals surface area contributed by atoms with Gasteiger partial charge in [-0.25, -0.2) is 0 Å². The molecule has 0 radical (unpaired) electrons. The molecule has 0 N–H and O–H groups in total. The summed E-state index contributed by atoms with van der Waals surface area (Å²) in [6.07, 6.45) is 0. The van der Waals surface area contributed by atoms with Crippen LogP contribution in [-0.2, 0) is 6.54 Å². The lowest BCUT2D eigenvalue weighted by Crippen LogP contribution is -2.31. The van der Waals surface area contributed by atoms with E-state index >= 15 is 0 Å². The number of carbonyl (C=O) groups excluding carboxylic acids is 2. The van der Waals surface area contributed by atoms with E-state index in [0.29, 0.717) is 40.6 Å². The van der Waals surface area contributed by atoms with Crippen molar-refractivity contribution >= 4 is 23.0 Å². The second-order valence-electron chi connectivity index (χ2n) is 6.36. The van der Waals surface area contributed by atoms with E-state index in [9.17, 15) is 9.59 Å². The quantitative estimate of drug-likeness (QED) is 0.508. The molecule has 5 nitrogen and oxygen atoms in total. The molecule has 0 atom stereocenters. The molecule has 6 heteroatoms. The fourth-order valence-electron chi connectivity index (χ4n) is 3.11. The number of hydrogen-bond acceptors (Lipinski definition) is 5. The molecule has 3 rings (SSSR count). The van der Waals surface area contributed by atoms with E-state index in [-0.39, 0.29) is 11.7 Å². The average molecular weight is 410 g/mol. The fourth-order valence-corrected chi connectivity index (χ4v) is 3.78. The van der Waals surface area contributed by atoms with Gasteiger partial charge in [0, 0.05) is 18.7 Å². The fraction of sp³-hybridized carbons (Fsp3) is 0.217. The van der Waals surface area contributed by atoms with Crippen LogP contribution in [0.4, 0.5) is 0 Å². The third-order valence-corrected chi connectivity index (χ3v) is 5.51. The molecule has 150 valence electrons. The summed E-state index contributed by atoms with van der Waals surface area (Å²) in [4.78, 5) is 28.5. The maximum atomic E-state index is 13.3. The van der Waals surface area contributed by atoms with Crippen LogP contribution in [0.2, 0.25) is 0 Å². The number of hydrogen-bond donors (Lipinski definition) is 0. The lowest BCUT2D eigenvalue weighted by Gasteiger charge is -2.22. The summed E-state index contributed by atoms with van der Waals surface area (Å²) < 4.78 is 10.6. The number of nitrogens with zero attached hydrogens (tertiary/aromatic N) is 1. The summed E-state index contributed by atoms with van der Waals surface area (Å²) in [6.45, 7) is 2.83. The highest BCUT2D eigenvalue weighted by atomic mass is 32.1. The Bertz CT molecular complexity index is 998. The molecule has 0 bridgehead atoms. The highest BCUT2D eigenvalue weighted by Crippen LogP contribution is 2.28. The summed E-state index contributed by atoms with van der Waals surface area (Å²) in [7, 11) is 3.16. The van der Waals surface area contributed by atoms with Crippen molar-refractivity contribution in [1.29, 1.82) is 0 Å². The highest BCUT2D eigenvalue weighted by Gasteiger charge is 2.22. The zero-order valence-corrected chi connectivity index (χ0v) is 17.5. The van der Waals surface area contributed by atoms with E-state index in [4.69, 9.17) is 9.47 Å². The first-order valence-corrected chi connectivity index (χ1v) is 10.1. The van der Waals surface area contributed by atoms with Gasteiger partial charge in [-0.2, -0.15) is 0 Å². The van der Waals surface area contributed by atoms with E-state index in [2.05, 4.69) is 0 Å². The minimum absolute atomic E-state index is 0.133. The third kappa shape index (κ3) is 4.49. The normalized spacial score (nSPS) is 10.4. The molecule has 0 saturated heterocycles. The molecule has 0 fully saturated rings. The molecule has 0 spiro atoms. The third-order valence-electron chi connectivity index (χ3n) is 4.64. The first-order valence-electron chi connectivity index (χ1n) is 9.26. The molecule has 0 aliphatic carbocycles. The molecule has 1 aromatic heterocycles. The predicted octanol–water partition coefficient (Wildman–Crippen LogP) is 4.66. The topological polar surface area (TPSA) is 55.8 Å². The molecule has 3 aromatic rings. The van der Waals surface area contributed by atoms with Crippen molar-refractivity contribution in [2.24, 2.45) is 0 Å². The number of benzene rings is 2. The zero-order chi connectivity index (χ0) is 20.8. The lowest BCUT2D eigenvalue weighted by atomic mass is 10.0. The number of ether oxygens (including phenoxy) is 2. The van der Waals surface area contributed by atoms with Crippen molar-refractivity contribution in [3.63, 3.8) is 0 Å². The summed E-state index contributed by atoms with van der Waals surface area (Å²) in [5.41, 5.74) is 1.75. The van der Waals surface area contributed by atoms with Crippen LogP contribution in [0.15, 0.2) is 60.0 Å². The van der Waals surface area contributed by atoms with Crippen molar-refractivity contribution in [1.82, 2.24) is 4.90 Å². The number of ketones is 1. The van der Waals surface area contributed by atoms with E-state index in [0.717, 1.165) is 5.56 Å². The molecular formula is C23H23NO4S. The van der Waals surface area contributed by atoms with Gasteiger partial charge in [0.15, 0.2) is 11.5 Å². The van der Waals surface area contributed by atoms with Crippen molar-refractivity contribution < 1.29 is 19.1 Å². The number of thiophene rings is 1. The van der Waals surface area contributed by atoms with Crippen LogP contribution in [-0.4, -0.2) is 37.4 Å². The Hall–Kier alpha value is -3.12. The van der Waals surface area contributed by atoms with Crippen molar-refractivity contribution in [3.8, 4) is 11.5 Å². The van der Waals surface area contributed by atoms with E-state index in [1.54, 1.807) is 49.5 Å². The Morgan fingerprint density at radius 1 is 0.931 bits per heavy atom. The van der Waals surface area contributed by atoms with Gasteiger partial charge >= 0.3 is 0 Å². The minimum atomic E-state index is -0.178. The van der Waals surface area contributed by atoms with Crippen LogP contribution in [0.5, 0.6) is 11.5 Å². The minimum Gasteiger partial charge on any atom is -0.493 e. The number of rotatable bonds is 8. The van der Waals surface area contributed by atoms with Gasteiger partial charge in [0.05, 0.1) is 24.7 Å². The van der Waals surface area contributed by atoms with Crippen LogP contribution in [0.25, 0.3) is 0 Å². The summed E-state index contributed by atoms with van der Waals surface area (Å²) in [6, 6.07) is 16.2. The Kier molecular flexibility index (Phi) is 6.67. The molecular weight excluding hydrogens is 386 g/mol. The van der Waals surface area contributed by atoms with Crippen LogP contribution in [0.3, 0.4) is 0 Å². The Morgan fingerprint density at radius 2 is 1.66 bits per heavy atom. The molecule has 2 aromatic carbocycles. The first kappa shape index (κ1) is 20.6. The molecule has 0 unspecified atom stereocenters. The second-order valence-corrected chi connectivity index (χ2v) is 7.31. The maximum Gasteiger partial charge on any atom is 0.254 e. The number of methoxy groups -OCH3 is 2. The largest absolute Gasteiger partial charge is 0.493 e. The number of amides is 1. The molecule has 0 aliphatic heterocycles. The van der Waals surface area contributed by atoms with Crippen LogP contribution < -0.4 is 9.47 Å². The molecule has 0 saturated carbocycles. The van der Waals surface area contributed by atoms with Gasteiger partial charge in [0.1, 0.15) is 0 Å². The second kappa shape index (κ2) is 9.39. The van der Waals surface area contributed by atoms with Crippen molar-refractivity contribution in [3.05, 3.63) is 81.5 Å². The Morgan fingerprint density at radius 3 is 2.28 bits per heavy atom. The molecule has 29 heavy (non-hydrogen) atoms. The maximum absolute atomic E-state index is 13.3. The molecule has 1 amide bonds. The molecule has 1 heterocycles. The number of carbonyl (C=O) groups is 2. The highest BCUT2D eigenvalue weighted by molar-refractivity contribution is 7.12. The van der Waals surface area contributed by atoms with Crippen LogP contribution in [0, 0.1) is 0 Å². The SMILES string of the molecule is CCN(Cc1ccc(OC)c(OC)c1)C(=O)c1ccccc1C(=O)c1cccs1. The van der Waals surface area contributed by atoms with Gasteiger partial charge in [0.2, 0.25) is 5.78 Å². The average Bonchev–Trinajstić information content (AvgIpc) is 3.31. The lowest BCUT2D eigenvalue weighted by molar-refractivity contribution is 0.0748. The van der Waals surface area contributed by atoms with E-state index < -0.39 is 0 Å².